The first-order valence-corrected chi connectivity index (χ1v) is 10.2. The molecule has 0 atom stereocenters. The molecule has 0 N–H and O–H groups in total. The predicted molar refractivity (Wildman–Crippen MR) is 101 cm³/mol. The third-order valence-corrected chi connectivity index (χ3v) is 4.95. The van der Waals surface area contributed by atoms with Gasteiger partial charge in [0, 0.05) is 0 Å². The predicted octanol–water partition coefficient (Wildman–Crippen LogP) is 4.40. The van der Waals surface area contributed by atoms with Crippen molar-refractivity contribution >= 4 is 59.0 Å². The van der Waals surface area contributed by atoms with Crippen molar-refractivity contribution in [1.82, 2.24) is 0 Å². The molecule has 0 aliphatic heterocycles. The van der Waals surface area contributed by atoms with Crippen molar-refractivity contribution in [3.63, 3.8) is 0 Å². The molecule has 0 saturated heterocycles. The molecule has 1 aromatic rings. The van der Waals surface area contributed by atoms with Gasteiger partial charge in [-0.2, -0.15) is 8.42 Å². The zero-order chi connectivity index (χ0) is 16.1. The number of hydrogen-bond donors (Lipinski definition) is 0. The topological polar surface area (TPSA) is 43.4 Å². The Balaban J connectivity index is 0.00000484. The van der Waals surface area contributed by atoms with E-state index in [2.05, 4.69) is 6.92 Å². The van der Waals surface area contributed by atoms with Crippen LogP contribution in [-0.4, -0.2) is 63.1 Å². The fourth-order valence-electron chi connectivity index (χ4n) is 2.43. The third kappa shape index (κ3) is 13.5. The molecule has 0 aliphatic rings. The molecule has 0 spiro atoms. The minimum atomic E-state index is -3.44. The quantitative estimate of drug-likeness (QED) is 0.246. The number of hydrogen-bond acceptors (Lipinski definition) is 3. The Bertz CT molecular complexity index is 474. The molecule has 0 heterocycles. The molecule has 1 aromatic carbocycles. The first-order chi connectivity index (χ1) is 10.6. The number of benzene rings is 1. The Kier molecular flexibility index (Phi) is 15.2. The molecule has 23 heavy (non-hydrogen) atoms. The van der Waals surface area contributed by atoms with Gasteiger partial charge < -0.3 is 4.18 Å². The Morgan fingerprint density at radius 3 is 1.78 bits per heavy atom. The van der Waals surface area contributed by atoms with Crippen LogP contribution in [0.1, 0.15) is 71.1 Å². The number of para-hydroxylation sites is 1. The van der Waals surface area contributed by atoms with Gasteiger partial charge in [-0.15, -0.1) is 0 Å². The molecule has 0 unspecified atom stereocenters. The fraction of sp³-hybridized carbons (Fsp3) is 0.667. The van der Waals surface area contributed by atoms with Crippen LogP contribution in [0, 0.1) is 0 Å². The molecule has 0 radical (unpaired) electrons. The van der Waals surface area contributed by atoms with Crippen molar-refractivity contribution in [1.29, 1.82) is 0 Å². The van der Waals surface area contributed by atoms with E-state index in [1.54, 1.807) is 24.3 Å². The summed E-state index contributed by atoms with van der Waals surface area (Å²) in [6, 6.07) is 8.70. The van der Waals surface area contributed by atoms with Gasteiger partial charge in [-0.1, -0.05) is 82.9 Å². The maximum absolute atomic E-state index is 11.8. The van der Waals surface area contributed by atoms with Crippen molar-refractivity contribution in [2.45, 2.75) is 71.1 Å². The molecule has 130 valence electrons. The van der Waals surface area contributed by atoms with Crippen molar-refractivity contribution in [3.05, 3.63) is 30.3 Å². The van der Waals surface area contributed by atoms with Crippen LogP contribution >= 0.6 is 0 Å². The van der Waals surface area contributed by atoms with Crippen LogP contribution in [0.5, 0.6) is 5.75 Å². The van der Waals surface area contributed by atoms with Gasteiger partial charge >= 0.3 is 59.0 Å². The minimum absolute atomic E-state index is 0. The van der Waals surface area contributed by atoms with Gasteiger partial charge in [0.05, 0.1) is 5.75 Å². The summed E-state index contributed by atoms with van der Waals surface area (Å²) in [5.74, 6) is 0.507. The summed E-state index contributed by atoms with van der Waals surface area (Å²) >= 11 is 0. The first-order valence-electron chi connectivity index (χ1n) is 8.61. The molecule has 0 aliphatic carbocycles. The summed E-state index contributed by atoms with van der Waals surface area (Å²) in [5.41, 5.74) is 0. The van der Waals surface area contributed by atoms with E-state index in [1.165, 1.54) is 44.9 Å². The molecule has 3 nitrogen and oxygen atoms in total. The normalized spacial score (nSPS) is 11.0. The van der Waals surface area contributed by atoms with Crippen molar-refractivity contribution < 1.29 is 12.6 Å². The second-order valence-corrected chi connectivity index (χ2v) is 7.53. The Morgan fingerprint density at radius 1 is 0.783 bits per heavy atom. The molecular formula is C18H32BaO3S. The molecule has 0 aromatic heterocycles. The summed E-state index contributed by atoms with van der Waals surface area (Å²) in [6.07, 6.45) is 11.9. The SMILES string of the molecule is CCCCCCCCCCCCS(=O)(=O)Oc1ccccc1.[BaH2]. The van der Waals surface area contributed by atoms with E-state index in [-0.39, 0.29) is 54.6 Å². The first kappa shape index (κ1) is 23.5. The van der Waals surface area contributed by atoms with Crippen LogP contribution in [0.15, 0.2) is 30.3 Å². The van der Waals surface area contributed by atoms with E-state index in [9.17, 15) is 8.42 Å². The Hall–Kier alpha value is 0.541. The van der Waals surface area contributed by atoms with E-state index < -0.39 is 10.1 Å². The van der Waals surface area contributed by atoms with E-state index >= 15 is 0 Å². The van der Waals surface area contributed by atoms with E-state index in [0.717, 1.165) is 12.8 Å². The Morgan fingerprint density at radius 2 is 1.26 bits per heavy atom. The Labute approximate surface area is 182 Å². The van der Waals surface area contributed by atoms with Gasteiger partial charge in [0.15, 0.2) is 0 Å². The van der Waals surface area contributed by atoms with Gasteiger partial charge in [-0.05, 0) is 18.6 Å². The second kappa shape index (κ2) is 14.8. The summed E-state index contributed by atoms with van der Waals surface area (Å²) in [4.78, 5) is 0. The van der Waals surface area contributed by atoms with Gasteiger partial charge in [-0.3, -0.25) is 0 Å². The standard InChI is InChI=1S/C18H30O3S.Ba.2H/c1-2-3-4-5-6-7-8-9-10-14-17-22(19,20)21-18-15-12-11-13-16-18;;;/h11-13,15-16H,2-10,14,17H2,1H3;;;. The molecule has 0 amide bonds. The second-order valence-electron chi connectivity index (χ2n) is 5.84. The van der Waals surface area contributed by atoms with E-state index in [4.69, 9.17) is 4.18 Å². The van der Waals surface area contributed by atoms with Crippen LogP contribution in [0.2, 0.25) is 0 Å². The van der Waals surface area contributed by atoms with Crippen molar-refractivity contribution in [3.8, 4) is 5.75 Å². The van der Waals surface area contributed by atoms with Gasteiger partial charge in [0.1, 0.15) is 5.75 Å². The van der Waals surface area contributed by atoms with Crippen LogP contribution < -0.4 is 4.18 Å². The van der Waals surface area contributed by atoms with Gasteiger partial charge in [0.2, 0.25) is 0 Å². The molecular weight excluding hydrogens is 434 g/mol. The van der Waals surface area contributed by atoms with Crippen molar-refractivity contribution in [2.75, 3.05) is 5.75 Å². The van der Waals surface area contributed by atoms with Crippen LogP contribution in [0.4, 0.5) is 0 Å². The number of unbranched alkanes of at least 4 members (excludes halogenated alkanes) is 9. The van der Waals surface area contributed by atoms with Crippen molar-refractivity contribution in [2.24, 2.45) is 0 Å². The summed E-state index contributed by atoms with van der Waals surface area (Å²) < 4.78 is 28.7. The van der Waals surface area contributed by atoms with Crippen LogP contribution in [0.25, 0.3) is 0 Å². The molecule has 1 rings (SSSR count). The third-order valence-electron chi connectivity index (χ3n) is 3.71. The van der Waals surface area contributed by atoms with Gasteiger partial charge in [-0.25, -0.2) is 0 Å². The maximum atomic E-state index is 11.8. The van der Waals surface area contributed by atoms with Crippen LogP contribution in [0.3, 0.4) is 0 Å². The average Bonchev–Trinajstić information content (AvgIpc) is 2.49. The summed E-state index contributed by atoms with van der Waals surface area (Å²) in [6.45, 7) is 2.23. The zero-order valence-electron chi connectivity index (χ0n) is 13.8. The molecule has 0 saturated carbocycles. The molecule has 0 bridgehead atoms. The zero-order valence-corrected chi connectivity index (χ0v) is 14.6. The summed E-state index contributed by atoms with van der Waals surface area (Å²) in [7, 11) is -3.44. The van der Waals surface area contributed by atoms with E-state index in [0.29, 0.717) is 12.2 Å². The fourth-order valence-corrected chi connectivity index (χ4v) is 3.48. The van der Waals surface area contributed by atoms with Gasteiger partial charge in [0.25, 0.3) is 0 Å². The van der Waals surface area contributed by atoms with E-state index in [1.807, 2.05) is 6.07 Å². The molecule has 0 fully saturated rings. The molecule has 5 heteroatoms. The van der Waals surface area contributed by atoms with Crippen LogP contribution in [-0.2, 0) is 10.1 Å². The average molecular weight is 466 g/mol. The number of rotatable bonds is 13. The monoisotopic (exact) mass is 466 g/mol. The summed E-state index contributed by atoms with van der Waals surface area (Å²) in [5, 5.41) is 0.